The van der Waals surface area contributed by atoms with Gasteiger partial charge in [0.2, 0.25) is 0 Å². The third-order valence-electron chi connectivity index (χ3n) is 4.55. The highest BCUT2D eigenvalue weighted by atomic mass is 16.5. The van der Waals surface area contributed by atoms with Crippen molar-refractivity contribution < 1.29 is 9.53 Å². The molecule has 1 amide bonds. The van der Waals surface area contributed by atoms with Gasteiger partial charge in [-0.3, -0.25) is 4.79 Å². The zero-order chi connectivity index (χ0) is 19.4. The van der Waals surface area contributed by atoms with Crippen LogP contribution in [0.2, 0.25) is 0 Å². The van der Waals surface area contributed by atoms with Crippen LogP contribution >= 0.6 is 0 Å². The van der Waals surface area contributed by atoms with E-state index in [1.165, 1.54) is 11.1 Å². The molecule has 27 heavy (non-hydrogen) atoms. The van der Waals surface area contributed by atoms with Crippen molar-refractivity contribution in [3.8, 4) is 16.9 Å². The van der Waals surface area contributed by atoms with Gasteiger partial charge in [0.1, 0.15) is 5.69 Å². The van der Waals surface area contributed by atoms with Gasteiger partial charge in [0.25, 0.3) is 5.91 Å². The summed E-state index contributed by atoms with van der Waals surface area (Å²) >= 11 is 0. The standard InChI is InChI=1S/C22H25N3O2/c1-15-10-11-18(12-16(15)2)21-20(22(26)23-17(3)14-27-4)13-25(24-21)19-8-6-5-7-9-19/h5-13,17H,14H2,1-4H3,(H,23,26). The Morgan fingerprint density at radius 2 is 1.89 bits per heavy atom. The topological polar surface area (TPSA) is 56.1 Å². The van der Waals surface area contributed by atoms with E-state index < -0.39 is 0 Å². The van der Waals surface area contributed by atoms with Gasteiger partial charge in [0.05, 0.1) is 17.9 Å². The highest BCUT2D eigenvalue weighted by Crippen LogP contribution is 2.26. The van der Waals surface area contributed by atoms with Crippen molar-refractivity contribution in [1.82, 2.24) is 15.1 Å². The number of hydrogen-bond donors (Lipinski definition) is 1. The molecule has 0 aliphatic heterocycles. The second-order valence-corrected chi connectivity index (χ2v) is 6.80. The molecule has 1 atom stereocenters. The van der Waals surface area contributed by atoms with Crippen LogP contribution in [0.3, 0.4) is 0 Å². The van der Waals surface area contributed by atoms with Crippen LogP contribution in [0.5, 0.6) is 0 Å². The summed E-state index contributed by atoms with van der Waals surface area (Å²) in [6.07, 6.45) is 1.79. The molecule has 1 aromatic heterocycles. The van der Waals surface area contributed by atoms with Crippen molar-refractivity contribution in [2.75, 3.05) is 13.7 Å². The molecule has 0 saturated carbocycles. The van der Waals surface area contributed by atoms with Crippen LogP contribution in [0.15, 0.2) is 54.7 Å². The number of para-hydroxylation sites is 1. The van der Waals surface area contributed by atoms with Gasteiger partial charge < -0.3 is 10.1 Å². The summed E-state index contributed by atoms with van der Waals surface area (Å²) in [6.45, 7) is 6.51. The third kappa shape index (κ3) is 4.26. The molecule has 1 heterocycles. The number of ether oxygens (including phenoxy) is 1. The van der Waals surface area contributed by atoms with E-state index in [9.17, 15) is 4.79 Å². The highest BCUT2D eigenvalue weighted by molar-refractivity contribution is 6.00. The van der Waals surface area contributed by atoms with E-state index in [0.717, 1.165) is 11.3 Å². The number of aryl methyl sites for hydroxylation is 2. The van der Waals surface area contributed by atoms with Crippen molar-refractivity contribution in [1.29, 1.82) is 0 Å². The Bertz CT molecular complexity index is 932. The van der Waals surface area contributed by atoms with Gasteiger partial charge in [-0.25, -0.2) is 4.68 Å². The lowest BCUT2D eigenvalue weighted by molar-refractivity contribution is 0.0906. The normalized spacial score (nSPS) is 12.0. The van der Waals surface area contributed by atoms with E-state index >= 15 is 0 Å². The second-order valence-electron chi connectivity index (χ2n) is 6.80. The van der Waals surface area contributed by atoms with Gasteiger partial charge in [-0.15, -0.1) is 0 Å². The van der Waals surface area contributed by atoms with Crippen molar-refractivity contribution in [2.45, 2.75) is 26.8 Å². The molecule has 0 aliphatic rings. The Labute approximate surface area is 160 Å². The van der Waals surface area contributed by atoms with Crippen molar-refractivity contribution in [2.24, 2.45) is 0 Å². The smallest absolute Gasteiger partial charge is 0.255 e. The first-order valence-electron chi connectivity index (χ1n) is 9.02. The molecule has 0 fully saturated rings. The molecule has 3 aromatic rings. The zero-order valence-electron chi connectivity index (χ0n) is 16.2. The monoisotopic (exact) mass is 363 g/mol. The van der Waals surface area contributed by atoms with Gasteiger partial charge in [-0.05, 0) is 50.1 Å². The van der Waals surface area contributed by atoms with Crippen LogP contribution in [0.1, 0.15) is 28.4 Å². The van der Waals surface area contributed by atoms with Gasteiger partial charge in [-0.2, -0.15) is 5.10 Å². The number of aromatic nitrogens is 2. The van der Waals surface area contributed by atoms with Crippen LogP contribution in [0.25, 0.3) is 16.9 Å². The predicted octanol–water partition coefficient (Wildman–Crippen LogP) is 3.92. The molecule has 1 N–H and O–H groups in total. The first-order valence-corrected chi connectivity index (χ1v) is 9.02. The minimum absolute atomic E-state index is 0.0878. The van der Waals surface area contributed by atoms with Crippen LogP contribution in [0, 0.1) is 13.8 Å². The zero-order valence-corrected chi connectivity index (χ0v) is 16.2. The Morgan fingerprint density at radius 3 is 2.56 bits per heavy atom. The Morgan fingerprint density at radius 1 is 1.15 bits per heavy atom. The molecule has 0 bridgehead atoms. The van der Waals surface area contributed by atoms with E-state index in [0.29, 0.717) is 17.9 Å². The summed E-state index contributed by atoms with van der Waals surface area (Å²) < 4.78 is 6.87. The predicted molar refractivity (Wildman–Crippen MR) is 107 cm³/mol. The molecule has 140 valence electrons. The molecular weight excluding hydrogens is 338 g/mol. The quantitative estimate of drug-likeness (QED) is 0.722. The summed E-state index contributed by atoms with van der Waals surface area (Å²) in [4.78, 5) is 12.9. The van der Waals surface area contributed by atoms with E-state index in [2.05, 4.69) is 31.3 Å². The molecule has 2 aromatic carbocycles. The average molecular weight is 363 g/mol. The van der Waals surface area contributed by atoms with Crippen LogP contribution in [0.4, 0.5) is 0 Å². The van der Waals surface area contributed by atoms with Crippen molar-refractivity contribution >= 4 is 5.91 Å². The number of nitrogens with one attached hydrogen (secondary N) is 1. The Hall–Kier alpha value is -2.92. The molecule has 5 nitrogen and oxygen atoms in total. The molecule has 0 saturated heterocycles. The minimum atomic E-state index is -0.157. The van der Waals surface area contributed by atoms with Crippen LogP contribution in [-0.2, 0) is 4.74 Å². The maximum Gasteiger partial charge on any atom is 0.255 e. The number of nitrogens with zero attached hydrogens (tertiary/aromatic N) is 2. The lowest BCUT2D eigenvalue weighted by atomic mass is 10.0. The fourth-order valence-corrected chi connectivity index (χ4v) is 2.95. The molecule has 5 heteroatoms. The first-order chi connectivity index (χ1) is 13.0. The van der Waals surface area contributed by atoms with E-state index in [1.54, 1.807) is 18.0 Å². The maximum absolute atomic E-state index is 12.9. The SMILES string of the molecule is COCC(C)NC(=O)c1cn(-c2ccccc2)nc1-c1ccc(C)c(C)c1. The summed E-state index contributed by atoms with van der Waals surface area (Å²) in [5.41, 5.74) is 5.43. The van der Waals surface area contributed by atoms with Gasteiger partial charge in [0, 0.05) is 24.9 Å². The number of carbonyl (C=O) groups excluding carboxylic acids is 1. The van der Waals surface area contributed by atoms with E-state index in [-0.39, 0.29) is 11.9 Å². The number of amides is 1. The number of hydrogen-bond acceptors (Lipinski definition) is 3. The van der Waals surface area contributed by atoms with E-state index in [4.69, 9.17) is 9.84 Å². The van der Waals surface area contributed by atoms with Crippen molar-refractivity contribution in [3.63, 3.8) is 0 Å². The maximum atomic E-state index is 12.9. The fourth-order valence-electron chi connectivity index (χ4n) is 2.95. The van der Waals surface area contributed by atoms with Gasteiger partial charge >= 0.3 is 0 Å². The summed E-state index contributed by atoms with van der Waals surface area (Å²) in [7, 11) is 1.62. The number of benzene rings is 2. The molecule has 0 radical (unpaired) electrons. The van der Waals surface area contributed by atoms with Gasteiger partial charge in [-0.1, -0.05) is 30.3 Å². The molecular formula is C22H25N3O2. The summed E-state index contributed by atoms with van der Waals surface area (Å²) in [5, 5.41) is 7.70. The lowest BCUT2D eigenvalue weighted by Gasteiger charge is -2.12. The number of rotatable bonds is 6. The molecule has 1 unspecified atom stereocenters. The Kier molecular flexibility index (Phi) is 5.72. The average Bonchev–Trinajstić information content (AvgIpc) is 3.10. The molecule has 0 aliphatic carbocycles. The molecule has 3 rings (SSSR count). The first kappa shape index (κ1) is 18.9. The summed E-state index contributed by atoms with van der Waals surface area (Å²) in [6, 6.07) is 15.8. The van der Waals surface area contributed by atoms with Gasteiger partial charge in [0.15, 0.2) is 0 Å². The lowest BCUT2D eigenvalue weighted by Crippen LogP contribution is -2.35. The largest absolute Gasteiger partial charge is 0.383 e. The highest BCUT2D eigenvalue weighted by Gasteiger charge is 2.20. The fraction of sp³-hybridized carbons (Fsp3) is 0.273. The number of methoxy groups -OCH3 is 1. The molecule has 0 spiro atoms. The third-order valence-corrected chi connectivity index (χ3v) is 4.55. The van der Waals surface area contributed by atoms with E-state index in [1.807, 2.05) is 43.3 Å². The minimum Gasteiger partial charge on any atom is -0.383 e. The second kappa shape index (κ2) is 8.18. The Balaban J connectivity index is 2.05. The van der Waals surface area contributed by atoms with Crippen molar-refractivity contribution in [3.05, 3.63) is 71.4 Å². The van der Waals surface area contributed by atoms with Crippen LogP contribution in [-0.4, -0.2) is 35.4 Å². The summed E-state index contributed by atoms with van der Waals surface area (Å²) in [5.74, 6) is -0.157. The van der Waals surface area contributed by atoms with Crippen LogP contribution < -0.4 is 5.32 Å². The number of carbonyl (C=O) groups is 1.